The molecule has 1 saturated carbocycles. The predicted octanol–water partition coefficient (Wildman–Crippen LogP) is 1.82. The van der Waals surface area contributed by atoms with E-state index in [1.165, 1.54) is 19.2 Å². The van der Waals surface area contributed by atoms with Gasteiger partial charge in [-0.25, -0.2) is 4.39 Å². The number of rotatable bonds is 2. The third-order valence-corrected chi connectivity index (χ3v) is 2.39. The Morgan fingerprint density at radius 2 is 2.15 bits per heavy atom. The van der Waals surface area contributed by atoms with Gasteiger partial charge in [-0.3, -0.25) is 0 Å². The highest BCUT2D eigenvalue weighted by Crippen LogP contribution is 2.48. The van der Waals surface area contributed by atoms with E-state index < -0.39 is 5.60 Å². The van der Waals surface area contributed by atoms with Gasteiger partial charge in [-0.05, 0) is 25.0 Å². The molecule has 2 rings (SSSR count). The molecule has 0 saturated heterocycles. The number of hydrogen-bond donors (Lipinski definition) is 1. The quantitative estimate of drug-likeness (QED) is 0.755. The summed E-state index contributed by atoms with van der Waals surface area (Å²) in [7, 11) is 1.48. The van der Waals surface area contributed by atoms with Crippen LogP contribution in [0.25, 0.3) is 0 Å². The number of benzene rings is 1. The molecular weight excluding hydrogens is 171 g/mol. The molecule has 70 valence electrons. The standard InChI is InChI=1S/C10H11FO2/c1-13-9-6-7(11)2-3-8(9)10(12)4-5-10/h2-3,6,12H,4-5H2,1H3. The van der Waals surface area contributed by atoms with Crippen molar-refractivity contribution >= 4 is 0 Å². The van der Waals surface area contributed by atoms with E-state index in [1.54, 1.807) is 6.07 Å². The van der Waals surface area contributed by atoms with E-state index in [9.17, 15) is 9.50 Å². The van der Waals surface area contributed by atoms with Crippen LogP contribution in [0.5, 0.6) is 5.75 Å². The van der Waals surface area contributed by atoms with Crippen LogP contribution < -0.4 is 4.74 Å². The zero-order valence-electron chi connectivity index (χ0n) is 7.38. The second-order valence-corrected chi connectivity index (χ2v) is 3.38. The fourth-order valence-corrected chi connectivity index (χ4v) is 1.44. The van der Waals surface area contributed by atoms with Crippen molar-refractivity contribution in [1.82, 2.24) is 0 Å². The van der Waals surface area contributed by atoms with Gasteiger partial charge >= 0.3 is 0 Å². The summed E-state index contributed by atoms with van der Waals surface area (Å²) >= 11 is 0. The highest BCUT2D eigenvalue weighted by atomic mass is 19.1. The molecule has 0 radical (unpaired) electrons. The van der Waals surface area contributed by atoms with Crippen molar-refractivity contribution in [2.45, 2.75) is 18.4 Å². The van der Waals surface area contributed by atoms with Crippen LogP contribution in [0.15, 0.2) is 18.2 Å². The third kappa shape index (κ3) is 1.40. The molecule has 1 aliphatic carbocycles. The molecular formula is C10H11FO2. The van der Waals surface area contributed by atoms with Gasteiger partial charge in [-0.15, -0.1) is 0 Å². The lowest BCUT2D eigenvalue weighted by Gasteiger charge is -2.12. The molecule has 2 nitrogen and oxygen atoms in total. The average molecular weight is 182 g/mol. The Kier molecular flexibility index (Phi) is 1.77. The lowest BCUT2D eigenvalue weighted by molar-refractivity contribution is 0.147. The van der Waals surface area contributed by atoms with E-state index in [4.69, 9.17) is 4.74 Å². The van der Waals surface area contributed by atoms with E-state index in [-0.39, 0.29) is 5.82 Å². The fraction of sp³-hybridized carbons (Fsp3) is 0.400. The first-order valence-corrected chi connectivity index (χ1v) is 4.22. The Labute approximate surface area is 76.0 Å². The molecule has 13 heavy (non-hydrogen) atoms. The maximum absolute atomic E-state index is 12.8. The van der Waals surface area contributed by atoms with Crippen LogP contribution in [-0.2, 0) is 5.60 Å². The lowest BCUT2D eigenvalue weighted by Crippen LogP contribution is -2.06. The smallest absolute Gasteiger partial charge is 0.127 e. The van der Waals surface area contributed by atoms with E-state index in [0.717, 1.165) is 12.8 Å². The van der Waals surface area contributed by atoms with Crippen LogP contribution in [-0.4, -0.2) is 12.2 Å². The van der Waals surface area contributed by atoms with Crippen molar-refractivity contribution in [3.63, 3.8) is 0 Å². The minimum absolute atomic E-state index is 0.343. The molecule has 0 unspecified atom stereocenters. The van der Waals surface area contributed by atoms with Gasteiger partial charge in [0.25, 0.3) is 0 Å². The maximum Gasteiger partial charge on any atom is 0.127 e. The zero-order chi connectivity index (χ0) is 9.47. The van der Waals surface area contributed by atoms with Crippen LogP contribution in [0, 0.1) is 5.82 Å². The molecule has 1 fully saturated rings. The van der Waals surface area contributed by atoms with Crippen molar-refractivity contribution < 1.29 is 14.2 Å². The maximum atomic E-state index is 12.8. The predicted molar refractivity (Wildman–Crippen MR) is 46.1 cm³/mol. The number of halogens is 1. The van der Waals surface area contributed by atoms with Gasteiger partial charge in [0.05, 0.1) is 12.7 Å². The molecule has 1 aromatic carbocycles. The molecule has 1 aromatic rings. The van der Waals surface area contributed by atoms with E-state index >= 15 is 0 Å². The second-order valence-electron chi connectivity index (χ2n) is 3.38. The van der Waals surface area contributed by atoms with Crippen molar-refractivity contribution in [3.05, 3.63) is 29.6 Å². The molecule has 0 bridgehead atoms. The minimum atomic E-state index is -0.765. The second kappa shape index (κ2) is 2.70. The monoisotopic (exact) mass is 182 g/mol. The van der Waals surface area contributed by atoms with E-state index in [0.29, 0.717) is 11.3 Å². The number of aliphatic hydroxyl groups is 1. The Morgan fingerprint density at radius 3 is 2.69 bits per heavy atom. The molecule has 0 heterocycles. The summed E-state index contributed by atoms with van der Waals surface area (Å²) in [4.78, 5) is 0. The van der Waals surface area contributed by atoms with Gasteiger partial charge in [0, 0.05) is 11.6 Å². The highest BCUT2D eigenvalue weighted by molar-refractivity contribution is 5.41. The molecule has 0 aliphatic heterocycles. The first-order valence-electron chi connectivity index (χ1n) is 4.22. The topological polar surface area (TPSA) is 29.5 Å². The lowest BCUT2D eigenvalue weighted by atomic mass is 10.1. The van der Waals surface area contributed by atoms with Gasteiger partial charge < -0.3 is 9.84 Å². The third-order valence-electron chi connectivity index (χ3n) is 2.39. The summed E-state index contributed by atoms with van der Waals surface area (Å²) in [5.74, 6) is 0.0878. The normalized spacial score (nSPS) is 18.4. The molecule has 0 atom stereocenters. The number of hydrogen-bond acceptors (Lipinski definition) is 2. The Balaban J connectivity index is 2.45. The molecule has 1 N–H and O–H groups in total. The minimum Gasteiger partial charge on any atom is -0.496 e. The van der Waals surface area contributed by atoms with Gasteiger partial charge in [-0.2, -0.15) is 0 Å². The highest BCUT2D eigenvalue weighted by Gasteiger charge is 2.44. The fourth-order valence-electron chi connectivity index (χ4n) is 1.44. The SMILES string of the molecule is COc1cc(F)ccc1C1(O)CC1. The van der Waals surface area contributed by atoms with Crippen molar-refractivity contribution in [1.29, 1.82) is 0 Å². The summed E-state index contributed by atoms with van der Waals surface area (Å²) in [5.41, 5.74) is -0.0737. The molecule has 0 amide bonds. The molecule has 1 aliphatic rings. The zero-order valence-corrected chi connectivity index (χ0v) is 7.38. The van der Waals surface area contributed by atoms with Gasteiger partial charge in [0.15, 0.2) is 0 Å². The Hall–Kier alpha value is -1.09. The Morgan fingerprint density at radius 1 is 1.46 bits per heavy atom. The summed E-state index contributed by atoms with van der Waals surface area (Å²) in [6.45, 7) is 0. The first-order chi connectivity index (χ1) is 6.15. The van der Waals surface area contributed by atoms with Crippen LogP contribution >= 0.6 is 0 Å². The summed E-state index contributed by atoms with van der Waals surface area (Å²) in [5, 5.41) is 9.80. The van der Waals surface area contributed by atoms with Crippen LogP contribution in [0.2, 0.25) is 0 Å². The van der Waals surface area contributed by atoms with Crippen LogP contribution in [0.1, 0.15) is 18.4 Å². The number of ether oxygens (including phenoxy) is 1. The Bertz CT molecular complexity index is 332. The molecule has 3 heteroatoms. The van der Waals surface area contributed by atoms with Crippen LogP contribution in [0.3, 0.4) is 0 Å². The van der Waals surface area contributed by atoms with Gasteiger partial charge in [0.2, 0.25) is 0 Å². The number of methoxy groups -OCH3 is 1. The van der Waals surface area contributed by atoms with Crippen molar-refractivity contribution in [2.24, 2.45) is 0 Å². The molecule has 0 spiro atoms. The average Bonchev–Trinajstić information content (AvgIpc) is 2.84. The summed E-state index contributed by atoms with van der Waals surface area (Å²) in [6.07, 6.45) is 1.46. The van der Waals surface area contributed by atoms with Crippen LogP contribution in [0.4, 0.5) is 4.39 Å². The summed E-state index contributed by atoms with van der Waals surface area (Å²) < 4.78 is 17.8. The summed E-state index contributed by atoms with van der Waals surface area (Å²) in [6, 6.07) is 4.22. The van der Waals surface area contributed by atoms with E-state index in [2.05, 4.69) is 0 Å². The van der Waals surface area contributed by atoms with E-state index in [1.807, 2.05) is 0 Å². The van der Waals surface area contributed by atoms with Gasteiger partial charge in [0.1, 0.15) is 11.6 Å². The first kappa shape index (κ1) is 8.51. The van der Waals surface area contributed by atoms with Gasteiger partial charge in [-0.1, -0.05) is 0 Å². The van der Waals surface area contributed by atoms with Crippen molar-refractivity contribution in [3.8, 4) is 5.75 Å². The largest absolute Gasteiger partial charge is 0.496 e. The molecule has 0 aromatic heterocycles. The van der Waals surface area contributed by atoms with Crippen molar-refractivity contribution in [2.75, 3.05) is 7.11 Å².